The first-order valence-corrected chi connectivity index (χ1v) is 9.32. The molecule has 0 spiro atoms. The monoisotopic (exact) mass is 364 g/mol. The van der Waals surface area contributed by atoms with Gasteiger partial charge in [0, 0.05) is 49.7 Å². The average molecular weight is 364 g/mol. The number of rotatable bonds is 4. The number of aryl methyl sites for hydroxylation is 1. The zero-order valence-corrected chi connectivity index (χ0v) is 15.4. The van der Waals surface area contributed by atoms with Crippen molar-refractivity contribution in [2.45, 2.75) is 32.2 Å². The fourth-order valence-corrected chi connectivity index (χ4v) is 3.58. The molecule has 0 radical (unpaired) electrons. The highest BCUT2D eigenvalue weighted by molar-refractivity contribution is 5.74. The number of H-pyrrole nitrogens is 1. The van der Waals surface area contributed by atoms with Gasteiger partial charge in [0.05, 0.1) is 11.9 Å². The molecule has 27 heavy (non-hydrogen) atoms. The number of imidazole rings is 1. The van der Waals surface area contributed by atoms with E-state index >= 15 is 0 Å². The molecule has 7 heteroatoms. The molecule has 3 heterocycles. The third-order valence-corrected chi connectivity index (χ3v) is 5.06. The van der Waals surface area contributed by atoms with E-state index in [0.29, 0.717) is 13.1 Å². The highest BCUT2D eigenvalue weighted by Crippen LogP contribution is 2.24. The van der Waals surface area contributed by atoms with E-state index in [1.54, 1.807) is 12.4 Å². The second-order valence-corrected chi connectivity index (χ2v) is 7.00. The van der Waals surface area contributed by atoms with Gasteiger partial charge in [-0.3, -0.25) is 0 Å². The third-order valence-electron chi connectivity index (χ3n) is 5.06. The van der Waals surface area contributed by atoms with E-state index in [1.165, 1.54) is 0 Å². The Morgan fingerprint density at radius 2 is 2.26 bits per heavy atom. The molecular weight excluding hydrogens is 340 g/mol. The fraction of sp³-hybridized carbons (Fsp3) is 0.350. The van der Waals surface area contributed by atoms with Gasteiger partial charge in [0.1, 0.15) is 5.82 Å². The van der Waals surface area contributed by atoms with Gasteiger partial charge in [-0.25, -0.2) is 14.5 Å². The number of urea groups is 1. The highest BCUT2D eigenvalue weighted by Gasteiger charge is 2.26. The molecule has 0 unspecified atom stereocenters. The van der Waals surface area contributed by atoms with E-state index < -0.39 is 0 Å². The minimum atomic E-state index is -0.0325. The van der Waals surface area contributed by atoms with Crippen molar-refractivity contribution in [1.29, 1.82) is 0 Å². The number of nitrogens with zero attached hydrogens (tertiary/aromatic N) is 4. The first-order chi connectivity index (χ1) is 13.2. The predicted octanol–water partition coefficient (Wildman–Crippen LogP) is 2.99. The van der Waals surface area contributed by atoms with Crippen LogP contribution in [-0.2, 0) is 6.54 Å². The van der Waals surface area contributed by atoms with Crippen LogP contribution >= 0.6 is 0 Å². The Balaban J connectivity index is 1.35. The Labute approximate surface area is 158 Å². The summed E-state index contributed by atoms with van der Waals surface area (Å²) in [5.41, 5.74) is 3.19. The Morgan fingerprint density at radius 3 is 3.07 bits per heavy atom. The van der Waals surface area contributed by atoms with Crippen LogP contribution in [0.3, 0.4) is 0 Å². The maximum atomic E-state index is 12.6. The van der Waals surface area contributed by atoms with E-state index in [0.717, 1.165) is 42.0 Å². The number of likely N-dealkylation sites (tertiary alicyclic amines) is 1. The van der Waals surface area contributed by atoms with Gasteiger partial charge in [0.15, 0.2) is 0 Å². The normalized spacial score (nSPS) is 17.1. The Bertz CT molecular complexity index is 901. The minimum absolute atomic E-state index is 0.0325. The number of hydrogen-bond acceptors (Lipinski definition) is 3. The molecule has 0 aliphatic carbocycles. The zero-order valence-electron chi connectivity index (χ0n) is 15.4. The van der Waals surface area contributed by atoms with Crippen molar-refractivity contribution in [3.63, 3.8) is 0 Å². The second kappa shape index (κ2) is 7.65. The molecule has 140 valence electrons. The maximum absolute atomic E-state index is 12.6. The summed E-state index contributed by atoms with van der Waals surface area (Å²) in [7, 11) is 0. The molecule has 1 aliphatic rings. The number of aromatic nitrogens is 4. The Morgan fingerprint density at radius 1 is 1.37 bits per heavy atom. The lowest BCUT2D eigenvalue weighted by Gasteiger charge is -2.31. The van der Waals surface area contributed by atoms with Crippen molar-refractivity contribution in [1.82, 2.24) is 30.0 Å². The van der Waals surface area contributed by atoms with Gasteiger partial charge in [-0.1, -0.05) is 18.2 Å². The van der Waals surface area contributed by atoms with Gasteiger partial charge in [0.2, 0.25) is 0 Å². The van der Waals surface area contributed by atoms with E-state index in [2.05, 4.69) is 33.4 Å². The van der Waals surface area contributed by atoms with Gasteiger partial charge < -0.3 is 15.2 Å². The highest BCUT2D eigenvalue weighted by atomic mass is 16.2. The summed E-state index contributed by atoms with van der Waals surface area (Å²) in [5, 5.41) is 7.44. The molecule has 1 fully saturated rings. The van der Waals surface area contributed by atoms with Crippen LogP contribution in [0.5, 0.6) is 0 Å². The van der Waals surface area contributed by atoms with Crippen LogP contribution in [0.1, 0.15) is 35.7 Å². The molecule has 4 rings (SSSR count). The molecule has 1 atom stereocenters. The summed E-state index contributed by atoms with van der Waals surface area (Å²) in [6.07, 6.45) is 9.41. The lowest BCUT2D eigenvalue weighted by atomic mass is 9.98. The van der Waals surface area contributed by atoms with Gasteiger partial charge in [0.25, 0.3) is 0 Å². The average Bonchev–Trinajstić information content (AvgIpc) is 3.39. The lowest BCUT2D eigenvalue weighted by molar-refractivity contribution is 0.178. The zero-order chi connectivity index (χ0) is 18.6. The van der Waals surface area contributed by atoms with Crippen LogP contribution in [0.15, 0.2) is 49.1 Å². The summed E-state index contributed by atoms with van der Waals surface area (Å²) in [6, 6.07) is 8.07. The third kappa shape index (κ3) is 3.86. The van der Waals surface area contributed by atoms with Gasteiger partial charge >= 0.3 is 6.03 Å². The van der Waals surface area contributed by atoms with Crippen LogP contribution in [0.2, 0.25) is 0 Å². The molecule has 1 aromatic carbocycles. The van der Waals surface area contributed by atoms with Crippen LogP contribution in [0.4, 0.5) is 4.79 Å². The van der Waals surface area contributed by atoms with Gasteiger partial charge in [-0.05, 0) is 31.4 Å². The molecule has 0 saturated carbocycles. The summed E-state index contributed by atoms with van der Waals surface area (Å²) in [4.78, 5) is 22.0. The predicted molar refractivity (Wildman–Crippen MR) is 103 cm³/mol. The molecular formula is C20H24N6O. The fourth-order valence-electron chi connectivity index (χ4n) is 3.58. The number of nitrogens with one attached hydrogen (secondary N) is 2. The van der Waals surface area contributed by atoms with E-state index in [1.807, 2.05) is 40.2 Å². The molecule has 2 N–H and O–H groups in total. The van der Waals surface area contributed by atoms with Crippen molar-refractivity contribution in [2.24, 2.45) is 0 Å². The first-order valence-electron chi connectivity index (χ1n) is 9.32. The number of hydrogen-bond donors (Lipinski definition) is 2. The van der Waals surface area contributed by atoms with Crippen LogP contribution < -0.4 is 5.32 Å². The number of carbonyl (C=O) groups excluding carboxylic acids is 1. The lowest BCUT2D eigenvalue weighted by Crippen LogP contribution is -2.44. The summed E-state index contributed by atoms with van der Waals surface area (Å²) in [5.74, 6) is 1.25. The number of piperidine rings is 1. The van der Waals surface area contributed by atoms with Crippen LogP contribution in [0, 0.1) is 6.92 Å². The van der Waals surface area contributed by atoms with E-state index in [-0.39, 0.29) is 11.9 Å². The molecule has 0 bridgehead atoms. The second-order valence-electron chi connectivity index (χ2n) is 7.00. The SMILES string of the molecule is Cc1ccccc1-n1cc(CNC(=O)N2CCC[C@H](c3ncc[nH]3)C2)cn1. The van der Waals surface area contributed by atoms with Crippen LogP contribution in [0.25, 0.3) is 5.69 Å². The first kappa shape index (κ1) is 17.3. The summed E-state index contributed by atoms with van der Waals surface area (Å²) in [6.45, 7) is 4.00. The largest absolute Gasteiger partial charge is 0.348 e. The maximum Gasteiger partial charge on any atom is 0.317 e. The minimum Gasteiger partial charge on any atom is -0.348 e. The number of amides is 2. The van der Waals surface area contributed by atoms with Crippen molar-refractivity contribution in [3.8, 4) is 5.69 Å². The smallest absolute Gasteiger partial charge is 0.317 e. The summed E-state index contributed by atoms with van der Waals surface area (Å²) >= 11 is 0. The Kier molecular flexibility index (Phi) is 4.91. The molecule has 2 aromatic heterocycles. The molecule has 7 nitrogen and oxygen atoms in total. The number of aromatic amines is 1. The number of benzene rings is 1. The van der Waals surface area contributed by atoms with Crippen LogP contribution in [-0.4, -0.2) is 43.8 Å². The van der Waals surface area contributed by atoms with Crippen molar-refractivity contribution in [3.05, 3.63) is 66.0 Å². The molecule has 1 aliphatic heterocycles. The van der Waals surface area contributed by atoms with Crippen molar-refractivity contribution >= 4 is 6.03 Å². The standard InChI is InChI=1S/C20H24N6O/c1-15-5-2-3-7-18(15)26-13-16(12-24-26)11-23-20(27)25-10-4-6-17(14-25)19-21-8-9-22-19/h2-3,5,7-9,12-13,17H,4,6,10-11,14H2,1H3,(H,21,22)(H,23,27)/t17-/m0/s1. The molecule has 1 saturated heterocycles. The molecule has 2 amide bonds. The molecule has 3 aromatic rings. The number of para-hydroxylation sites is 1. The van der Waals surface area contributed by atoms with Gasteiger partial charge in [-0.2, -0.15) is 5.10 Å². The quantitative estimate of drug-likeness (QED) is 0.747. The van der Waals surface area contributed by atoms with E-state index in [9.17, 15) is 4.79 Å². The van der Waals surface area contributed by atoms with E-state index in [4.69, 9.17) is 0 Å². The van der Waals surface area contributed by atoms with Crippen molar-refractivity contribution < 1.29 is 4.79 Å². The Hall–Kier alpha value is -3.09. The topological polar surface area (TPSA) is 78.8 Å². The van der Waals surface area contributed by atoms with Gasteiger partial charge in [-0.15, -0.1) is 0 Å². The van der Waals surface area contributed by atoms with Crippen molar-refractivity contribution in [2.75, 3.05) is 13.1 Å². The number of carbonyl (C=O) groups is 1. The summed E-state index contributed by atoms with van der Waals surface area (Å²) < 4.78 is 1.85.